The molecule has 6 heteroatoms. The van der Waals surface area contributed by atoms with Crippen LogP contribution in [0.2, 0.25) is 10.0 Å². The molecule has 0 aliphatic carbocycles. The van der Waals surface area contributed by atoms with E-state index in [1.807, 2.05) is 31.2 Å². The molecule has 0 unspecified atom stereocenters. The molecule has 0 saturated carbocycles. The van der Waals surface area contributed by atoms with Crippen molar-refractivity contribution in [2.75, 3.05) is 11.9 Å². The van der Waals surface area contributed by atoms with Crippen molar-refractivity contribution >= 4 is 41.0 Å². The minimum absolute atomic E-state index is 0.135. The molecule has 2 rings (SSSR count). The van der Waals surface area contributed by atoms with Gasteiger partial charge in [0.15, 0.2) is 0 Å². The van der Waals surface area contributed by atoms with Gasteiger partial charge in [0.2, 0.25) is 0 Å². The van der Waals surface area contributed by atoms with E-state index in [1.165, 1.54) is 6.21 Å². The lowest BCUT2D eigenvalue weighted by Crippen LogP contribution is -2.26. The molecule has 4 nitrogen and oxygen atoms in total. The summed E-state index contributed by atoms with van der Waals surface area (Å²) in [6.45, 7) is 2.11. The van der Waals surface area contributed by atoms with Crippen LogP contribution < -0.4 is 10.7 Å². The Morgan fingerprint density at radius 3 is 2.73 bits per heavy atom. The van der Waals surface area contributed by atoms with E-state index < -0.39 is 0 Å². The summed E-state index contributed by atoms with van der Waals surface area (Å²) in [5, 5.41) is 7.95. The predicted molar refractivity (Wildman–Crippen MR) is 91.9 cm³/mol. The van der Waals surface area contributed by atoms with Gasteiger partial charge in [-0.15, -0.1) is 0 Å². The van der Waals surface area contributed by atoms with Crippen molar-refractivity contribution in [3.63, 3.8) is 0 Å². The van der Waals surface area contributed by atoms with Crippen molar-refractivity contribution in [3.05, 3.63) is 63.6 Å². The zero-order valence-electron chi connectivity index (χ0n) is 11.9. The van der Waals surface area contributed by atoms with Gasteiger partial charge in [0.05, 0.1) is 17.8 Å². The summed E-state index contributed by atoms with van der Waals surface area (Å²) in [5.74, 6) is -0.246. The SMILES string of the molecule is Cc1ccccc1NCC(=O)N/N=C\c1ccc(Cl)cc1Cl. The number of benzene rings is 2. The fourth-order valence-electron chi connectivity index (χ4n) is 1.77. The molecule has 2 aromatic carbocycles. The number of halogens is 2. The highest BCUT2D eigenvalue weighted by molar-refractivity contribution is 6.36. The number of carbonyl (C=O) groups is 1. The molecule has 0 radical (unpaired) electrons. The normalized spacial score (nSPS) is 10.7. The lowest BCUT2D eigenvalue weighted by molar-refractivity contribution is -0.119. The second-order valence-electron chi connectivity index (χ2n) is 4.63. The van der Waals surface area contributed by atoms with Crippen LogP contribution in [0.3, 0.4) is 0 Å². The molecule has 0 heterocycles. The minimum atomic E-state index is -0.246. The third kappa shape index (κ3) is 4.76. The number of rotatable bonds is 5. The topological polar surface area (TPSA) is 53.5 Å². The molecule has 0 aromatic heterocycles. The van der Waals surface area contributed by atoms with Gasteiger partial charge < -0.3 is 5.32 Å². The summed E-state index contributed by atoms with van der Waals surface area (Å²) >= 11 is 11.8. The Kier molecular flexibility index (Phi) is 5.81. The quantitative estimate of drug-likeness (QED) is 0.643. The van der Waals surface area contributed by atoms with Gasteiger partial charge in [0.25, 0.3) is 5.91 Å². The number of hydrogen-bond acceptors (Lipinski definition) is 3. The van der Waals surface area contributed by atoms with Crippen LogP contribution in [0.4, 0.5) is 5.69 Å². The van der Waals surface area contributed by atoms with Crippen LogP contribution in [-0.4, -0.2) is 18.7 Å². The maximum Gasteiger partial charge on any atom is 0.259 e. The van der Waals surface area contributed by atoms with E-state index in [9.17, 15) is 4.79 Å². The Hall–Kier alpha value is -2.04. The molecule has 2 N–H and O–H groups in total. The van der Waals surface area contributed by atoms with E-state index in [0.717, 1.165) is 11.3 Å². The Morgan fingerprint density at radius 1 is 1.23 bits per heavy atom. The largest absolute Gasteiger partial charge is 0.376 e. The first-order valence-electron chi connectivity index (χ1n) is 6.63. The molecule has 22 heavy (non-hydrogen) atoms. The zero-order valence-corrected chi connectivity index (χ0v) is 13.4. The van der Waals surface area contributed by atoms with Gasteiger partial charge in [-0.1, -0.05) is 47.5 Å². The Labute approximate surface area is 139 Å². The number of aryl methyl sites for hydroxylation is 1. The van der Waals surface area contributed by atoms with Crippen LogP contribution in [0, 0.1) is 6.92 Å². The minimum Gasteiger partial charge on any atom is -0.376 e. The lowest BCUT2D eigenvalue weighted by atomic mass is 10.2. The molecule has 114 valence electrons. The zero-order chi connectivity index (χ0) is 15.9. The first-order valence-corrected chi connectivity index (χ1v) is 7.38. The third-order valence-corrected chi connectivity index (χ3v) is 3.50. The summed E-state index contributed by atoms with van der Waals surface area (Å²) < 4.78 is 0. The highest BCUT2D eigenvalue weighted by atomic mass is 35.5. The maximum absolute atomic E-state index is 11.7. The van der Waals surface area contributed by atoms with E-state index in [1.54, 1.807) is 18.2 Å². The van der Waals surface area contributed by atoms with Crippen LogP contribution in [-0.2, 0) is 4.79 Å². The van der Waals surface area contributed by atoms with Gasteiger partial charge in [-0.05, 0) is 30.7 Å². The smallest absolute Gasteiger partial charge is 0.259 e. The number of hydrogen-bond donors (Lipinski definition) is 2. The molecular weight excluding hydrogens is 321 g/mol. The Morgan fingerprint density at radius 2 is 2.00 bits per heavy atom. The second-order valence-corrected chi connectivity index (χ2v) is 5.47. The van der Waals surface area contributed by atoms with Crippen LogP contribution in [0.1, 0.15) is 11.1 Å². The molecule has 0 atom stereocenters. The summed E-state index contributed by atoms with van der Waals surface area (Å²) in [7, 11) is 0. The Balaban J connectivity index is 1.85. The number of nitrogens with zero attached hydrogens (tertiary/aromatic N) is 1. The summed E-state index contributed by atoms with van der Waals surface area (Å²) in [6.07, 6.45) is 1.48. The summed E-state index contributed by atoms with van der Waals surface area (Å²) in [5.41, 5.74) is 5.11. The van der Waals surface area contributed by atoms with Gasteiger partial charge in [-0.25, -0.2) is 5.43 Å². The predicted octanol–water partition coefficient (Wildman–Crippen LogP) is 3.86. The average Bonchev–Trinajstić information content (AvgIpc) is 2.49. The number of hydrazone groups is 1. The fourth-order valence-corrected chi connectivity index (χ4v) is 2.22. The van der Waals surface area contributed by atoms with Crippen molar-refractivity contribution in [1.82, 2.24) is 5.43 Å². The number of anilines is 1. The van der Waals surface area contributed by atoms with Crippen molar-refractivity contribution in [2.24, 2.45) is 5.10 Å². The van der Waals surface area contributed by atoms with E-state index in [4.69, 9.17) is 23.2 Å². The van der Waals surface area contributed by atoms with Crippen molar-refractivity contribution in [2.45, 2.75) is 6.92 Å². The van der Waals surface area contributed by atoms with E-state index in [2.05, 4.69) is 15.8 Å². The fraction of sp³-hybridized carbons (Fsp3) is 0.125. The molecule has 0 fully saturated rings. The number of carbonyl (C=O) groups excluding carboxylic acids is 1. The molecule has 2 aromatic rings. The molecule has 0 aliphatic heterocycles. The summed E-state index contributed by atoms with van der Waals surface area (Å²) in [4.78, 5) is 11.7. The number of nitrogens with one attached hydrogen (secondary N) is 2. The molecule has 0 aliphatic rings. The molecule has 0 saturated heterocycles. The van der Waals surface area contributed by atoms with Gasteiger partial charge in [0.1, 0.15) is 0 Å². The van der Waals surface area contributed by atoms with Gasteiger partial charge in [-0.3, -0.25) is 4.79 Å². The highest BCUT2D eigenvalue weighted by Gasteiger charge is 2.02. The van der Waals surface area contributed by atoms with E-state index in [-0.39, 0.29) is 12.5 Å². The number of amides is 1. The van der Waals surface area contributed by atoms with Gasteiger partial charge >= 0.3 is 0 Å². The first-order chi connectivity index (χ1) is 10.6. The van der Waals surface area contributed by atoms with Crippen LogP contribution >= 0.6 is 23.2 Å². The third-order valence-electron chi connectivity index (χ3n) is 2.94. The molecule has 0 spiro atoms. The van der Waals surface area contributed by atoms with Crippen molar-refractivity contribution in [3.8, 4) is 0 Å². The second kappa shape index (κ2) is 7.82. The van der Waals surface area contributed by atoms with Crippen LogP contribution in [0.15, 0.2) is 47.6 Å². The first kappa shape index (κ1) is 16.3. The van der Waals surface area contributed by atoms with Crippen LogP contribution in [0.5, 0.6) is 0 Å². The summed E-state index contributed by atoms with van der Waals surface area (Å²) in [6, 6.07) is 12.8. The molecule has 1 amide bonds. The van der Waals surface area contributed by atoms with E-state index >= 15 is 0 Å². The molecule has 0 bridgehead atoms. The lowest BCUT2D eigenvalue weighted by Gasteiger charge is -2.07. The number of para-hydroxylation sites is 1. The van der Waals surface area contributed by atoms with E-state index in [0.29, 0.717) is 15.6 Å². The van der Waals surface area contributed by atoms with Gasteiger partial charge in [-0.2, -0.15) is 5.10 Å². The standard InChI is InChI=1S/C16H15Cl2N3O/c1-11-4-2-3-5-15(11)19-10-16(22)21-20-9-12-6-7-13(17)8-14(12)18/h2-9,19H,10H2,1H3,(H,21,22)/b20-9-. The highest BCUT2D eigenvalue weighted by Crippen LogP contribution is 2.19. The molecular formula is C16H15Cl2N3O. The van der Waals surface area contributed by atoms with Crippen molar-refractivity contribution < 1.29 is 4.79 Å². The van der Waals surface area contributed by atoms with Gasteiger partial charge in [0, 0.05) is 16.3 Å². The van der Waals surface area contributed by atoms with Crippen molar-refractivity contribution in [1.29, 1.82) is 0 Å². The average molecular weight is 336 g/mol. The monoisotopic (exact) mass is 335 g/mol. The Bertz CT molecular complexity index is 702. The van der Waals surface area contributed by atoms with Crippen LogP contribution in [0.25, 0.3) is 0 Å². The maximum atomic E-state index is 11.7.